The Morgan fingerprint density at radius 3 is 2.74 bits per heavy atom. The summed E-state index contributed by atoms with van der Waals surface area (Å²) in [4.78, 5) is 0. The van der Waals surface area contributed by atoms with Gasteiger partial charge in [0.05, 0.1) is 0 Å². The molecule has 0 aromatic rings. The molecule has 0 aromatic carbocycles. The highest BCUT2D eigenvalue weighted by Crippen LogP contribution is 2.35. The van der Waals surface area contributed by atoms with E-state index in [9.17, 15) is 0 Å². The lowest BCUT2D eigenvalue weighted by Crippen LogP contribution is -2.03. The highest BCUT2D eigenvalue weighted by molar-refractivity contribution is 5.53. The Hall–Kier alpha value is -1.30. The molecular formula is C19H28. The maximum atomic E-state index is 3.94. The topological polar surface area (TPSA) is 0 Å². The number of hydrogen-bond acceptors (Lipinski definition) is 0. The molecular weight excluding hydrogens is 228 g/mol. The van der Waals surface area contributed by atoms with Crippen LogP contribution < -0.4 is 0 Å². The van der Waals surface area contributed by atoms with Crippen molar-refractivity contribution in [2.45, 2.75) is 59.8 Å². The van der Waals surface area contributed by atoms with Crippen LogP contribution in [0.5, 0.6) is 0 Å². The summed E-state index contributed by atoms with van der Waals surface area (Å²) in [7, 11) is 0. The van der Waals surface area contributed by atoms with E-state index in [4.69, 9.17) is 0 Å². The summed E-state index contributed by atoms with van der Waals surface area (Å²) >= 11 is 0. The summed E-state index contributed by atoms with van der Waals surface area (Å²) in [6, 6.07) is 0. The van der Waals surface area contributed by atoms with Gasteiger partial charge in [0.25, 0.3) is 0 Å². The van der Waals surface area contributed by atoms with E-state index in [0.29, 0.717) is 0 Å². The van der Waals surface area contributed by atoms with E-state index >= 15 is 0 Å². The van der Waals surface area contributed by atoms with Gasteiger partial charge >= 0.3 is 0 Å². The van der Waals surface area contributed by atoms with Gasteiger partial charge < -0.3 is 0 Å². The molecule has 0 aromatic heterocycles. The van der Waals surface area contributed by atoms with Crippen LogP contribution in [0.4, 0.5) is 0 Å². The predicted octanol–water partition coefficient (Wildman–Crippen LogP) is 6.29. The number of rotatable bonds is 6. The predicted molar refractivity (Wildman–Crippen MR) is 87.3 cm³/mol. The Morgan fingerprint density at radius 2 is 2.16 bits per heavy atom. The Morgan fingerprint density at radius 1 is 1.42 bits per heavy atom. The molecule has 0 saturated carbocycles. The van der Waals surface area contributed by atoms with Gasteiger partial charge in [0.15, 0.2) is 0 Å². The molecule has 1 aliphatic rings. The zero-order valence-corrected chi connectivity index (χ0v) is 13.1. The molecule has 0 amide bonds. The highest BCUT2D eigenvalue weighted by Gasteiger charge is 2.15. The summed E-state index contributed by atoms with van der Waals surface area (Å²) in [5.41, 5.74) is 7.27. The fraction of sp³-hybridized carbons (Fsp3) is 0.474. The molecule has 0 atom stereocenters. The van der Waals surface area contributed by atoms with Crippen LogP contribution >= 0.6 is 0 Å². The van der Waals surface area contributed by atoms with Crippen molar-refractivity contribution in [1.82, 2.24) is 0 Å². The van der Waals surface area contributed by atoms with Crippen molar-refractivity contribution in [2.75, 3.05) is 0 Å². The average Bonchev–Trinajstić information content (AvgIpc) is 2.42. The summed E-state index contributed by atoms with van der Waals surface area (Å²) in [5.74, 6) is 0. The molecule has 0 spiro atoms. The van der Waals surface area contributed by atoms with E-state index in [2.05, 4.69) is 52.5 Å². The summed E-state index contributed by atoms with van der Waals surface area (Å²) in [6.45, 7) is 12.7. The summed E-state index contributed by atoms with van der Waals surface area (Å²) in [6.07, 6.45) is 14.8. The van der Waals surface area contributed by atoms with Crippen LogP contribution in [-0.2, 0) is 0 Å². The summed E-state index contributed by atoms with van der Waals surface area (Å²) < 4.78 is 0. The van der Waals surface area contributed by atoms with Crippen molar-refractivity contribution in [1.29, 1.82) is 0 Å². The van der Waals surface area contributed by atoms with Gasteiger partial charge in [0.2, 0.25) is 0 Å². The van der Waals surface area contributed by atoms with E-state index in [-0.39, 0.29) is 0 Å². The van der Waals surface area contributed by atoms with Crippen LogP contribution in [0.25, 0.3) is 0 Å². The van der Waals surface area contributed by atoms with Crippen molar-refractivity contribution >= 4 is 0 Å². The molecule has 1 aliphatic carbocycles. The minimum atomic E-state index is 1.17. The third-order valence-corrected chi connectivity index (χ3v) is 3.85. The first-order chi connectivity index (χ1) is 9.15. The first-order valence-electron chi connectivity index (χ1n) is 7.51. The van der Waals surface area contributed by atoms with Gasteiger partial charge in [0.1, 0.15) is 0 Å². The van der Waals surface area contributed by atoms with Crippen LogP contribution in [0.1, 0.15) is 59.8 Å². The van der Waals surface area contributed by atoms with Gasteiger partial charge in [0, 0.05) is 0 Å². The molecule has 0 fully saturated rings. The zero-order valence-electron chi connectivity index (χ0n) is 13.1. The molecule has 0 aliphatic heterocycles. The van der Waals surface area contributed by atoms with Crippen LogP contribution in [0.3, 0.4) is 0 Å². The van der Waals surface area contributed by atoms with Crippen molar-refractivity contribution in [3.63, 3.8) is 0 Å². The van der Waals surface area contributed by atoms with Gasteiger partial charge in [-0.2, -0.15) is 0 Å². The van der Waals surface area contributed by atoms with Crippen LogP contribution in [0.15, 0.2) is 58.7 Å². The second-order valence-electron chi connectivity index (χ2n) is 5.29. The fourth-order valence-corrected chi connectivity index (χ4v) is 2.69. The lowest BCUT2D eigenvalue weighted by molar-refractivity contribution is 0.769. The first-order valence-corrected chi connectivity index (χ1v) is 7.51. The Bertz CT molecular complexity index is 439. The minimum absolute atomic E-state index is 1.17. The Balaban J connectivity index is 3.29. The summed E-state index contributed by atoms with van der Waals surface area (Å²) in [5, 5.41) is 0. The van der Waals surface area contributed by atoms with E-state index < -0.39 is 0 Å². The number of allylic oxidation sites excluding steroid dienone is 9. The van der Waals surface area contributed by atoms with Gasteiger partial charge in [-0.1, -0.05) is 49.8 Å². The third kappa shape index (κ3) is 4.09. The Labute approximate surface area is 119 Å². The monoisotopic (exact) mass is 256 g/mol. The van der Waals surface area contributed by atoms with E-state index in [1.54, 1.807) is 11.1 Å². The smallest absolute Gasteiger partial charge is 0.0196 e. The van der Waals surface area contributed by atoms with Gasteiger partial charge in [-0.05, 0) is 68.7 Å². The van der Waals surface area contributed by atoms with Crippen molar-refractivity contribution in [3.8, 4) is 0 Å². The maximum Gasteiger partial charge on any atom is -0.0196 e. The largest absolute Gasteiger partial charge is 0.0988 e. The van der Waals surface area contributed by atoms with Crippen LogP contribution in [0.2, 0.25) is 0 Å². The SMILES string of the molecule is C=C/C(C)=C(\C=C/C)C1=C(CCCC)C(C)=CCC1. The lowest BCUT2D eigenvalue weighted by atomic mass is 9.83. The molecule has 0 N–H and O–H groups in total. The molecule has 0 radical (unpaired) electrons. The molecule has 0 heteroatoms. The molecule has 0 saturated heterocycles. The quantitative estimate of drug-likeness (QED) is 0.490. The normalized spacial score (nSPS) is 17.6. The molecule has 0 bridgehead atoms. The molecule has 0 nitrogen and oxygen atoms in total. The van der Waals surface area contributed by atoms with Crippen molar-refractivity contribution in [3.05, 3.63) is 58.7 Å². The minimum Gasteiger partial charge on any atom is -0.0988 e. The molecule has 104 valence electrons. The fourth-order valence-electron chi connectivity index (χ4n) is 2.69. The van der Waals surface area contributed by atoms with E-state index in [1.165, 1.54) is 48.8 Å². The number of hydrogen-bond donors (Lipinski definition) is 0. The first kappa shape index (κ1) is 15.8. The molecule has 19 heavy (non-hydrogen) atoms. The van der Waals surface area contributed by atoms with Crippen molar-refractivity contribution in [2.24, 2.45) is 0 Å². The highest BCUT2D eigenvalue weighted by atomic mass is 14.2. The average molecular weight is 256 g/mol. The molecule has 0 unspecified atom stereocenters. The van der Waals surface area contributed by atoms with Crippen LogP contribution in [-0.4, -0.2) is 0 Å². The van der Waals surface area contributed by atoms with E-state index in [0.717, 1.165) is 0 Å². The van der Waals surface area contributed by atoms with Crippen molar-refractivity contribution < 1.29 is 0 Å². The third-order valence-electron chi connectivity index (χ3n) is 3.85. The van der Waals surface area contributed by atoms with Gasteiger partial charge in [-0.15, -0.1) is 0 Å². The lowest BCUT2D eigenvalue weighted by Gasteiger charge is -2.22. The van der Waals surface area contributed by atoms with Crippen LogP contribution in [0, 0.1) is 0 Å². The second-order valence-corrected chi connectivity index (χ2v) is 5.29. The molecule has 1 rings (SSSR count). The second kappa shape index (κ2) is 7.99. The maximum absolute atomic E-state index is 3.94. The number of unbranched alkanes of at least 4 members (excludes halogenated alkanes) is 1. The van der Waals surface area contributed by atoms with Gasteiger partial charge in [-0.3, -0.25) is 0 Å². The Kier molecular flexibility index (Phi) is 6.62. The zero-order chi connectivity index (χ0) is 14.3. The van der Waals surface area contributed by atoms with Gasteiger partial charge in [-0.25, -0.2) is 0 Å². The molecule has 0 heterocycles. The standard InChI is InChI=1S/C19H28/c1-6-9-13-18-16(5)12-10-14-19(18)17(11-7-2)15(4)8-3/h7-8,11-12H,3,6,9-10,13-14H2,1-2,4-5H3/b11-7-,17-15+. The van der Waals surface area contributed by atoms with E-state index in [1.807, 2.05) is 6.08 Å².